The molecule has 0 bridgehead atoms. The van der Waals surface area contributed by atoms with E-state index in [0.29, 0.717) is 0 Å². The van der Waals surface area contributed by atoms with E-state index in [9.17, 15) is 0 Å². The first-order valence-corrected chi connectivity index (χ1v) is 4.61. The van der Waals surface area contributed by atoms with Gasteiger partial charge in [0.2, 0.25) is 0 Å². The van der Waals surface area contributed by atoms with Crippen molar-refractivity contribution < 1.29 is 0 Å². The third kappa shape index (κ3) is 4.31. The summed E-state index contributed by atoms with van der Waals surface area (Å²) in [5, 5.41) is 0. The number of nitrogens with two attached hydrogens (primary N) is 1. The summed E-state index contributed by atoms with van der Waals surface area (Å²) in [5.41, 5.74) is 7.51. The number of nitrogen functional groups attached to an aromatic ring is 1. The number of hydrogen-bond donors (Lipinski definition) is 1. The molecule has 0 aliphatic heterocycles. The average Bonchev–Trinajstić information content (AvgIpc) is 2.21. The molecule has 0 unspecified atom stereocenters. The predicted octanol–water partition coefficient (Wildman–Crippen LogP) is 3.26. The van der Waals surface area contributed by atoms with Crippen molar-refractivity contribution in [3.63, 3.8) is 0 Å². The Morgan fingerprint density at radius 3 is 1.57 bits per heavy atom. The van der Waals surface area contributed by atoms with Crippen molar-refractivity contribution >= 4 is 5.69 Å². The van der Waals surface area contributed by atoms with Gasteiger partial charge in [0.15, 0.2) is 0 Å². The Balaban J connectivity index is 0.000000146. The van der Waals surface area contributed by atoms with E-state index in [0.717, 1.165) is 5.69 Å². The molecule has 0 spiro atoms. The number of anilines is 1. The lowest BCUT2D eigenvalue weighted by molar-refractivity contribution is 1.47. The Kier molecular flexibility index (Phi) is 4.29. The van der Waals surface area contributed by atoms with Crippen LogP contribution in [-0.2, 0) is 0 Å². The summed E-state index contributed by atoms with van der Waals surface area (Å²) in [4.78, 5) is 0. The van der Waals surface area contributed by atoms with Crippen LogP contribution in [-0.4, -0.2) is 0 Å². The Labute approximate surface area is 85.2 Å². The van der Waals surface area contributed by atoms with Gasteiger partial charge in [-0.1, -0.05) is 48.5 Å². The summed E-state index contributed by atoms with van der Waals surface area (Å²) in [6, 6.07) is 19.8. The highest BCUT2D eigenvalue weighted by molar-refractivity contribution is 5.39. The second kappa shape index (κ2) is 5.81. The van der Waals surface area contributed by atoms with Gasteiger partial charge >= 0.3 is 0 Å². The van der Waals surface area contributed by atoms with Gasteiger partial charge in [-0.3, -0.25) is 0 Å². The maximum atomic E-state index is 5.46. The minimum Gasteiger partial charge on any atom is -0.399 e. The Bertz CT molecular complexity index is 311. The van der Waals surface area contributed by atoms with Crippen molar-refractivity contribution in [3.8, 4) is 0 Å². The standard InChI is InChI=1S/C7H9N.C6H6/c1-6-3-2-4-7(8)5-6;1-2-4-6-5-3-1/h2-5H,8H2,1H3;1-6H. The molecule has 0 saturated carbocycles. The number of aryl methyl sites for hydroxylation is 1. The molecule has 0 fully saturated rings. The van der Waals surface area contributed by atoms with E-state index >= 15 is 0 Å². The van der Waals surface area contributed by atoms with E-state index in [1.165, 1.54) is 5.56 Å². The molecule has 2 aromatic carbocycles. The van der Waals surface area contributed by atoms with E-state index in [2.05, 4.69) is 0 Å². The summed E-state index contributed by atoms with van der Waals surface area (Å²) in [5.74, 6) is 0. The van der Waals surface area contributed by atoms with Gasteiger partial charge in [-0.25, -0.2) is 0 Å². The molecule has 72 valence electrons. The van der Waals surface area contributed by atoms with Crippen LogP contribution in [0.1, 0.15) is 5.56 Å². The lowest BCUT2D eigenvalue weighted by Gasteiger charge is -1.91. The van der Waals surface area contributed by atoms with E-state index in [1.54, 1.807) is 0 Å². The van der Waals surface area contributed by atoms with Crippen LogP contribution in [0, 0.1) is 6.92 Å². The normalized spacial score (nSPS) is 8.64. The lowest BCUT2D eigenvalue weighted by atomic mass is 10.2. The molecule has 1 heteroatoms. The molecule has 0 aliphatic rings. The molecule has 0 heterocycles. The van der Waals surface area contributed by atoms with Gasteiger partial charge in [-0.05, 0) is 24.6 Å². The van der Waals surface area contributed by atoms with Crippen LogP contribution in [0.5, 0.6) is 0 Å². The molecule has 2 N–H and O–H groups in total. The largest absolute Gasteiger partial charge is 0.399 e. The first kappa shape index (κ1) is 10.3. The van der Waals surface area contributed by atoms with Gasteiger partial charge < -0.3 is 5.73 Å². The first-order chi connectivity index (χ1) is 6.79. The monoisotopic (exact) mass is 185 g/mol. The number of hydrogen-bond acceptors (Lipinski definition) is 1. The van der Waals surface area contributed by atoms with Gasteiger partial charge in [-0.2, -0.15) is 0 Å². The smallest absolute Gasteiger partial charge is 0.0316 e. The van der Waals surface area contributed by atoms with Crippen LogP contribution >= 0.6 is 0 Å². The van der Waals surface area contributed by atoms with Gasteiger partial charge in [0.1, 0.15) is 0 Å². The van der Waals surface area contributed by atoms with Crippen LogP contribution in [0.3, 0.4) is 0 Å². The highest BCUT2D eigenvalue weighted by atomic mass is 14.5. The van der Waals surface area contributed by atoms with E-state index < -0.39 is 0 Å². The van der Waals surface area contributed by atoms with Crippen molar-refractivity contribution in [2.75, 3.05) is 5.73 Å². The van der Waals surface area contributed by atoms with Gasteiger partial charge in [0.05, 0.1) is 0 Å². The summed E-state index contributed by atoms with van der Waals surface area (Å²) in [6.45, 7) is 2.02. The third-order valence-corrected chi connectivity index (χ3v) is 1.71. The summed E-state index contributed by atoms with van der Waals surface area (Å²) < 4.78 is 0. The first-order valence-electron chi connectivity index (χ1n) is 4.61. The molecule has 2 aromatic rings. The number of rotatable bonds is 0. The van der Waals surface area contributed by atoms with Crippen molar-refractivity contribution in [3.05, 3.63) is 66.2 Å². The van der Waals surface area contributed by atoms with Crippen LogP contribution in [0.4, 0.5) is 5.69 Å². The Morgan fingerprint density at radius 1 is 0.786 bits per heavy atom. The zero-order valence-electron chi connectivity index (χ0n) is 8.35. The summed E-state index contributed by atoms with van der Waals surface area (Å²) in [7, 11) is 0. The fourth-order valence-corrected chi connectivity index (χ4v) is 1.06. The second-order valence-electron chi connectivity index (χ2n) is 3.07. The van der Waals surface area contributed by atoms with Gasteiger partial charge in [0, 0.05) is 5.69 Å². The highest BCUT2D eigenvalue weighted by Crippen LogP contribution is 2.03. The molecule has 0 radical (unpaired) electrons. The Morgan fingerprint density at radius 2 is 1.29 bits per heavy atom. The molecule has 0 aliphatic carbocycles. The third-order valence-electron chi connectivity index (χ3n) is 1.71. The van der Waals surface area contributed by atoms with E-state index in [1.807, 2.05) is 67.6 Å². The molecular weight excluding hydrogens is 170 g/mol. The molecule has 14 heavy (non-hydrogen) atoms. The van der Waals surface area contributed by atoms with E-state index in [4.69, 9.17) is 5.73 Å². The molecule has 0 saturated heterocycles. The molecule has 2 rings (SSSR count). The van der Waals surface area contributed by atoms with Crippen LogP contribution in [0.15, 0.2) is 60.7 Å². The predicted molar refractivity (Wildman–Crippen MR) is 62.0 cm³/mol. The van der Waals surface area contributed by atoms with Crippen molar-refractivity contribution in [2.24, 2.45) is 0 Å². The van der Waals surface area contributed by atoms with Crippen LogP contribution in [0.2, 0.25) is 0 Å². The van der Waals surface area contributed by atoms with Crippen molar-refractivity contribution in [1.29, 1.82) is 0 Å². The van der Waals surface area contributed by atoms with Crippen molar-refractivity contribution in [1.82, 2.24) is 0 Å². The molecular formula is C13H15N. The minimum absolute atomic E-state index is 0.838. The fourth-order valence-electron chi connectivity index (χ4n) is 1.06. The molecule has 0 aromatic heterocycles. The molecule has 0 atom stereocenters. The number of benzene rings is 2. The fraction of sp³-hybridized carbons (Fsp3) is 0.0769. The quantitative estimate of drug-likeness (QED) is 0.626. The van der Waals surface area contributed by atoms with Crippen LogP contribution < -0.4 is 5.73 Å². The average molecular weight is 185 g/mol. The maximum absolute atomic E-state index is 5.46. The Hall–Kier alpha value is -1.76. The second-order valence-corrected chi connectivity index (χ2v) is 3.07. The zero-order chi connectivity index (χ0) is 10.2. The topological polar surface area (TPSA) is 26.0 Å². The highest BCUT2D eigenvalue weighted by Gasteiger charge is 1.81. The maximum Gasteiger partial charge on any atom is 0.0316 e. The molecule has 0 amide bonds. The van der Waals surface area contributed by atoms with Gasteiger partial charge in [-0.15, -0.1) is 0 Å². The summed E-state index contributed by atoms with van der Waals surface area (Å²) in [6.07, 6.45) is 0. The SMILES string of the molecule is Cc1cccc(N)c1.c1ccccc1. The zero-order valence-corrected chi connectivity index (χ0v) is 8.35. The van der Waals surface area contributed by atoms with E-state index in [-0.39, 0.29) is 0 Å². The van der Waals surface area contributed by atoms with Crippen molar-refractivity contribution in [2.45, 2.75) is 6.92 Å². The van der Waals surface area contributed by atoms with Crippen LogP contribution in [0.25, 0.3) is 0 Å². The van der Waals surface area contributed by atoms with Gasteiger partial charge in [0.25, 0.3) is 0 Å². The lowest BCUT2D eigenvalue weighted by Crippen LogP contribution is -1.82. The molecule has 1 nitrogen and oxygen atoms in total. The summed E-state index contributed by atoms with van der Waals surface area (Å²) >= 11 is 0. The minimum atomic E-state index is 0.838.